The molecule has 0 saturated heterocycles. The van der Waals surface area contributed by atoms with E-state index in [0.717, 1.165) is 11.7 Å². The standard InChI is InChI=1S/C15H23NO/c1-10-8-11(2)14(13(9-10)17-4)15(16-3)12-6-5-7-12/h8-9,12,15-16H,5-7H2,1-4H3. The summed E-state index contributed by atoms with van der Waals surface area (Å²) >= 11 is 0. The molecule has 1 fully saturated rings. The number of benzene rings is 1. The Morgan fingerprint density at radius 2 is 2.00 bits per heavy atom. The van der Waals surface area contributed by atoms with Crippen LogP contribution in [0.15, 0.2) is 12.1 Å². The van der Waals surface area contributed by atoms with Gasteiger partial charge in [-0.15, -0.1) is 0 Å². The van der Waals surface area contributed by atoms with Gasteiger partial charge in [0, 0.05) is 11.6 Å². The van der Waals surface area contributed by atoms with E-state index in [2.05, 4.69) is 38.3 Å². The van der Waals surface area contributed by atoms with E-state index in [0.29, 0.717) is 6.04 Å². The lowest BCUT2D eigenvalue weighted by Crippen LogP contribution is -2.30. The number of hydrogen-bond donors (Lipinski definition) is 1. The number of rotatable bonds is 4. The van der Waals surface area contributed by atoms with Crippen molar-refractivity contribution in [3.63, 3.8) is 0 Å². The first kappa shape index (κ1) is 12.4. The van der Waals surface area contributed by atoms with Gasteiger partial charge in [0.25, 0.3) is 0 Å². The Balaban J connectivity index is 2.40. The van der Waals surface area contributed by atoms with Crippen LogP contribution in [0.1, 0.15) is 42.0 Å². The van der Waals surface area contributed by atoms with E-state index in [9.17, 15) is 0 Å². The molecule has 17 heavy (non-hydrogen) atoms. The zero-order chi connectivity index (χ0) is 12.4. The second-order valence-corrected chi connectivity index (χ2v) is 5.16. The van der Waals surface area contributed by atoms with Crippen LogP contribution in [0.5, 0.6) is 5.75 Å². The lowest BCUT2D eigenvalue weighted by atomic mass is 9.76. The van der Waals surface area contributed by atoms with Crippen LogP contribution in [0.4, 0.5) is 0 Å². The van der Waals surface area contributed by atoms with Crippen LogP contribution >= 0.6 is 0 Å². The second-order valence-electron chi connectivity index (χ2n) is 5.16. The molecule has 1 unspecified atom stereocenters. The summed E-state index contributed by atoms with van der Waals surface area (Å²) in [4.78, 5) is 0. The molecule has 0 aliphatic heterocycles. The highest BCUT2D eigenvalue weighted by Crippen LogP contribution is 2.42. The highest BCUT2D eigenvalue weighted by atomic mass is 16.5. The molecule has 0 aromatic heterocycles. The summed E-state index contributed by atoms with van der Waals surface area (Å²) in [5, 5.41) is 3.48. The van der Waals surface area contributed by atoms with Crippen LogP contribution in [0.25, 0.3) is 0 Å². The quantitative estimate of drug-likeness (QED) is 0.861. The minimum atomic E-state index is 0.444. The third-order valence-corrected chi connectivity index (χ3v) is 3.96. The average molecular weight is 233 g/mol. The fraction of sp³-hybridized carbons (Fsp3) is 0.600. The van der Waals surface area contributed by atoms with Crippen LogP contribution in [-0.4, -0.2) is 14.2 Å². The minimum absolute atomic E-state index is 0.444. The van der Waals surface area contributed by atoms with Crippen molar-refractivity contribution < 1.29 is 4.74 Å². The van der Waals surface area contributed by atoms with Gasteiger partial charge in [-0.3, -0.25) is 0 Å². The summed E-state index contributed by atoms with van der Waals surface area (Å²) < 4.78 is 5.57. The molecule has 0 amide bonds. The Morgan fingerprint density at radius 1 is 1.29 bits per heavy atom. The molecule has 1 atom stereocenters. The smallest absolute Gasteiger partial charge is 0.124 e. The molecule has 0 bridgehead atoms. The molecular weight excluding hydrogens is 210 g/mol. The van der Waals surface area contributed by atoms with Crippen molar-refractivity contribution >= 4 is 0 Å². The van der Waals surface area contributed by atoms with E-state index in [4.69, 9.17) is 4.74 Å². The molecule has 1 N–H and O–H groups in total. The first-order chi connectivity index (χ1) is 8.17. The molecule has 1 aromatic rings. The van der Waals surface area contributed by atoms with Crippen molar-refractivity contribution in [3.05, 3.63) is 28.8 Å². The predicted octanol–water partition coefficient (Wildman–Crippen LogP) is 3.37. The third kappa shape index (κ3) is 2.32. The largest absolute Gasteiger partial charge is 0.496 e. The molecule has 94 valence electrons. The maximum Gasteiger partial charge on any atom is 0.124 e. The number of methoxy groups -OCH3 is 1. The number of hydrogen-bond acceptors (Lipinski definition) is 2. The first-order valence-electron chi connectivity index (χ1n) is 6.49. The van der Waals surface area contributed by atoms with Gasteiger partial charge >= 0.3 is 0 Å². The van der Waals surface area contributed by atoms with Crippen molar-refractivity contribution in [1.29, 1.82) is 0 Å². The van der Waals surface area contributed by atoms with Gasteiger partial charge in [-0.05, 0) is 56.8 Å². The van der Waals surface area contributed by atoms with Crippen molar-refractivity contribution in [2.24, 2.45) is 5.92 Å². The highest BCUT2D eigenvalue weighted by molar-refractivity contribution is 5.45. The topological polar surface area (TPSA) is 21.3 Å². The van der Waals surface area contributed by atoms with Crippen LogP contribution in [0.3, 0.4) is 0 Å². The van der Waals surface area contributed by atoms with Gasteiger partial charge in [-0.2, -0.15) is 0 Å². The highest BCUT2D eigenvalue weighted by Gasteiger charge is 2.30. The van der Waals surface area contributed by atoms with Crippen molar-refractivity contribution in [2.75, 3.05) is 14.2 Å². The van der Waals surface area contributed by atoms with Gasteiger partial charge in [0.2, 0.25) is 0 Å². The Hall–Kier alpha value is -1.02. The molecule has 2 rings (SSSR count). The van der Waals surface area contributed by atoms with E-state index in [1.54, 1.807) is 7.11 Å². The predicted molar refractivity (Wildman–Crippen MR) is 71.6 cm³/mol. The Labute approximate surface area is 104 Å². The number of ether oxygens (including phenoxy) is 1. The van der Waals surface area contributed by atoms with E-state index in [1.807, 2.05) is 0 Å². The maximum absolute atomic E-state index is 5.57. The Morgan fingerprint density at radius 3 is 2.47 bits per heavy atom. The third-order valence-electron chi connectivity index (χ3n) is 3.96. The molecule has 2 heteroatoms. The van der Waals surface area contributed by atoms with Gasteiger partial charge in [0.15, 0.2) is 0 Å². The average Bonchev–Trinajstić information content (AvgIpc) is 2.23. The SMILES string of the molecule is CNC(c1c(C)cc(C)cc1OC)C1CCC1. The molecule has 0 heterocycles. The van der Waals surface area contributed by atoms with E-state index in [1.165, 1.54) is 36.0 Å². The summed E-state index contributed by atoms with van der Waals surface area (Å²) in [6.07, 6.45) is 4.04. The van der Waals surface area contributed by atoms with Crippen LogP contribution in [-0.2, 0) is 0 Å². The summed E-state index contributed by atoms with van der Waals surface area (Å²) in [6, 6.07) is 4.84. The van der Waals surface area contributed by atoms with E-state index < -0.39 is 0 Å². The summed E-state index contributed by atoms with van der Waals surface area (Å²) in [5.41, 5.74) is 3.96. The van der Waals surface area contributed by atoms with Crippen molar-refractivity contribution in [3.8, 4) is 5.75 Å². The second kappa shape index (κ2) is 5.09. The van der Waals surface area contributed by atoms with Gasteiger partial charge in [-0.1, -0.05) is 12.5 Å². The van der Waals surface area contributed by atoms with E-state index >= 15 is 0 Å². The molecule has 1 saturated carbocycles. The van der Waals surface area contributed by atoms with Gasteiger partial charge in [-0.25, -0.2) is 0 Å². The number of nitrogens with one attached hydrogen (secondary N) is 1. The van der Waals surface area contributed by atoms with E-state index in [-0.39, 0.29) is 0 Å². The summed E-state index contributed by atoms with van der Waals surface area (Å²) in [6.45, 7) is 4.31. The molecular formula is C15H23NO. The van der Waals surface area contributed by atoms with Crippen LogP contribution in [0.2, 0.25) is 0 Å². The van der Waals surface area contributed by atoms with Gasteiger partial charge in [0.05, 0.1) is 7.11 Å². The maximum atomic E-state index is 5.57. The molecule has 0 radical (unpaired) electrons. The first-order valence-corrected chi connectivity index (χ1v) is 6.49. The monoisotopic (exact) mass is 233 g/mol. The van der Waals surface area contributed by atoms with Gasteiger partial charge < -0.3 is 10.1 Å². The van der Waals surface area contributed by atoms with Gasteiger partial charge in [0.1, 0.15) is 5.75 Å². The van der Waals surface area contributed by atoms with Crippen molar-refractivity contribution in [2.45, 2.75) is 39.2 Å². The molecule has 1 aliphatic rings. The Bertz CT molecular complexity index is 396. The van der Waals surface area contributed by atoms with Crippen LogP contribution < -0.4 is 10.1 Å². The lowest BCUT2D eigenvalue weighted by molar-refractivity contribution is 0.234. The minimum Gasteiger partial charge on any atom is -0.496 e. The Kier molecular flexibility index (Phi) is 3.72. The van der Waals surface area contributed by atoms with Crippen LogP contribution in [0, 0.1) is 19.8 Å². The normalized spacial score (nSPS) is 17.6. The zero-order valence-corrected chi connectivity index (χ0v) is 11.3. The lowest BCUT2D eigenvalue weighted by Gasteiger charge is -2.35. The molecule has 1 aliphatic carbocycles. The molecule has 2 nitrogen and oxygen atoms in total. The molecule has 0 spiro atoms. The molecule has 1 aromatic carbocycles. The fourth-order valence-corrected chi connectivity index (χ4v) is 2.90. The summed E-state index contributed by atoms with van der Waals surface area (Å²) in [7, 11) is 3.83. The summed E-state index contributed by atoms with van der Waals surface area (Å²) in [5.74, 6) is 1.81. The van der Waals surface area contributed by atoms with Crippen molar-refractivity contribution in [1.82, 2.24) is 5.32 Å². The fourth-order valence-electron chi connectivity index (χ4n) is 2.90. The zero-order valence-electron chi connectivity index (χ0n) is 11.3. The number of aryl methyl sites for hydroxylation is 2.